The standard InChI is InChI=1S/C16H19ClN4O4S/c1-2-25-16(22)12-9-19-20-15(12)26(23,24)21-8-7-18-10-14(21)11-5-3-4-6-13(11)17/h3-6,9,14,18H,2,7-8,10H2,1H3,(H,19,20). The van der Waals surface area contributed by atoms with Crippen LogP contribution in [-0.2, 0) is 14.8 Å². The minimum Gasteiger partial charge on any atom is -0.462 e. The Kier molecular flexibility index (Phi) is 5.61. The Morgan fingerprint density at radius 1 is 1.42 bits per heavy atom. The second-order valence-electron chi connectivity index (χ2n) is 5.69. The van der Waals surface area contributed by atoms with Crippen molar-refractivity contribution in [2.75, 3.05) is 26.2 Å². The summed E-state index contributed by atoms with van der Waals surface area (Å²) in [6, 6.07) is 6.61. The minimum atomic E-state index is -4.01. The number of aromatic nitrogens is 2. The van der Waals surface area contributed by atoms with Crippen LogP contribution in [0.2, 0.25) is 5.02 Å². The third-order valence-corrected chi connectivity index (χ3v) is 6.35. The Labute approximate surface area is 156 Å². The molecule has 1 fully saturated rings. The molecule has 10 heteroatoms. The van der Waals surface area contributed by atoms with Gasteiger partial charge in [-0.2, -0.15) is 9.40 Å². The van der Waals surface area contributed by atoms with Gasteiger partial charge in [0.25, 0.3) is 10.0 Å². The van der Waals surface area contributed by atoms with Crippen LogP contribution in [0, 0.1) is 0 Å². The van der Waals surface area contributed by atoms with Crippen LogP contribution in [0.4, 0.5) is 0 Å². The second-order valence-corrected chi connectivity index (χ2v) is 7.93. The lowest BCUT2D eigenvalue weighted by Gasteiger charge is -2.35. The molecular weight excluding hydrogens is 380 g/mol. The van der Waals surface area contributed by atoms with Crippen molar-refractivity contribution >= 4 is 27.6 Å². The molecule has 1 aromatic heterocycles. The van der Waals surface area contributed by atoms with Crippen molar-refractivity contribution in [2.45, 2.75) is 18.0 Å². The van der Waals surface area contributed by atoms with E-state index in [1.165, 1.54) is 4.31 Å². The Morgan fingerprint density at radius 2 is 2.19 bits per heavy atom. The van der Waals surface area contributed by atoms with Crippen LogP contribution >= 0.6 is 11.6 Å². The molecule has 1 aliphatic heterocycles. The molecule has 0 radical (unpaired) electrons. The van der Waals surface area contributed by atoms with E-state index in [4.69, 9.17) is 16.3 Å². The predicted molar refractivity (Wildman–Crippen MR) is 95.5 cm³/mol. The number of H-pyrrole nitrogens is 1. The number of hydrogen-bond acceptors (Lipinski definition) is 6. The number of benzene rings is 1. The van der Waals surface area contributed by atoms with Gasteiger partial charge in [-0.1, -0.05) is 29.8 Å². The molecule has 1 atom stereocenters. The maximum absolute atomic E-state index is 13.2. The molecule has 0 spiro atoms. The Morgan fingerprint density at radius 3 is 2.92 bits per heavy atom. The number of hydrogen-bond donors (Lipinski definition) is 2. The van der Waals surface area contributed by atoms with Crippen molar-refractivity contribution in [3.05, 3.63) is 46.6 Å². The van der Waals surface area contributed by atoms with Crippen LogP contribution in [0.3, 0.4) is 0 Å². The summed E-state index contributed by atoms with van der Waals surface area (Å²) in [7, 11) is -4.01. The molecule has 3 rings (SSSR count). The largest absolute Gasteiger partial charge is 0.462 e. The number of piperazine rings is 1. The SMILES string of the molecule is CCOC(=O)c1cn[nH]c1S(=O)(=O)N1CCNCC1c1ccccc1Cl. The van der Waals surface area contributed by atoms with E-state index in [1.54, 1.807) is 31.2 Å². The first-order chi connectivity index (χ1) is 12.5. The van der Waals surface area contributed by atoms with Gasteiger partial charge in [-0.15, -0.1) is 0 Å². The van der Waals surface area contributed by atoms with Gasteiger partial charge in [0.05, 0.1) is 18.8 Å². The van der Waals surface area contributed by atoms with E-state index in [0.717, 1.165) is 6.20 Å². The van der Waals surface area contributed by atoms with Crippen molar-refractivity contribution < 1.29 is 17.9 Å². The Balaban J connectivity index is 2.01. The van der Waals surface area contributed by atoms with E-state index in [2.05, 4.69) is 15.5 Å². The zero-order valence-corrected chi connectivity index (χ0v) is 15.7. The first kappa shape index (κ1) is 18.8. The number of carbonyl (C=O) groups is 1. The van der Waals surface area contributed by atoms with Crippen LogP contribution in [0.5, 0.6) is 0 Å². The van der Waals surface area contributed by atoms with Gasteiger partial charge in [0, 0.05) is 24.7 Å². The number of carbonyl (C=O) groups excluding carboxylic acids is 1. The second kappa shape index (κ2) is 7.75. The Hall–Kier alpha value is -1.94. The fraction of sp³-hybridized carbons (Fsp3) is 0.375. The van der Waals surface area contributed by atoms with E-state index in [9.17, 15) is 13.2 Å². The normalized spacial score (nSPS) is 18.6. The fourth-order valence-electron chi connectivity index (χ4n) is 2.93. The average molecular weight is 399 g/mol. The molecule has 1 aliphatic rings. The van der Waals surface area contributed by atoms with Gasteiger partial charge in [-0.25, -0.2) is 13.2 Å². The number of esters is 1. The summed E-state index contributed by atoms with van der Waals surface area (Å²) in [5, 5.41) is 9.56. The van der Waals surface area contributed by atoms with Gasteiger partial charge in [0.2, 0.25) is 0 Å². The summed E-state index contributed by atoms with van der Waals surface area (Å²) in [6.07, 6.45) is 1.16. The summed E-state index contributed by atoms with van der Waals surface area (Å²) in [5.74, 6) is -0.732. The number of rotatable bonds is 5. The Bertz CT molecular complexity index is 899. The van der Waals surface area contributed by atoms with Crippen LogP contribution in [0.1, 0.15) is 28.9 Å². The van der Waals surface area contributed by atoms with E-state index < -0.39 is 22.0 Å². The van der Waals surface area contributed by atoms with E-state index in [0.29, 0.717) is 23.7 Å². The molecule has 0 amide bonds. The van der Waals surface area contributed by atoms with Gasteiger partial charge in [-0.3, -0.25) is 5.10 Å². The van der Waals surface area contributed by atoms with Gasteiger partial charge in [0.15, 0.2) is 5.03 Å². The first-order valence-corrected chi connectivity index (χ1v) is 9.96. The molecule has 26 heavy (non-hydrogen) atoms. The number of sulfonamides is 1. The molecule has 2 heterocycles. The minimum absolute atomic E-state index is 0.108. The zero-order valence-electron chi connectivity index (χ0n) is 14.1. The molecule has 1 aromatic carbocycles. The van der Waals surface area contributed by atoms with Gasteiger partial charge < -0.3 is 10.1 Å². The zero-order chi connectivity index (χ0) is 18.7. The number of halogens is 1. The van der Waals surface area contributed by atoms with Crippen molar-refractivity contribution in [1.29, 1.82) is 0 Å². The quantitative estimate of drug-likeness (QED) is 0.741. The highest BCUT2D eigenvalue weighted by atomic mass is 35.5. The van der Waals surface area contributed by atoms with E-state index in [-0.39, 0.29) is 23.7 Å². The predicted octanol–water partition coefficient (Wildman–Crippen LogP) is 1.57. The maximum atomic E-state index is 13.2. The number of aromatic amines is 1. The molecule has 140 valence electrons. The average Bonchev–Trinajstić information content (AvgIpc) is 3.13. The monoisotopic (exact) mass is 398 g/mol. The van der Waals surface area contributed by atoms with Crippen LogP contribution in [-0.4, -0.2) is 55.1 Å². The highest BCUT2D eigenvalue weighted by Gasteiger charge is 2.38. The molecule has 0 aliphatic carbocycles. The van der Waals surface area contributed by atoms with Crippen molar-refractivity contribution in [1.82, 2.24) is 19.8 Å². The molecule has 0 bridgehead atoms. The highest BCUT2D eigenvalue weighted by molar-refractivity contribution is 7.89. The summed E-state index contributed by atoms with van der Waals surface area (Å²) < 4.78 is 32.8. The number of nitrogens with zero attached hydrogens (tertiary/aromatic N) is 2. The first-order valence-electron chi connectivity index (χ1n) is 8.14. The number of nitrogens with one attached hydrogen (secondary N) is 2. The lowest BCUT2D eigenvalue weighted by molar-refractivity contribution is 0.0521. The fourth-order valence-corrected chi connectivity index (χ4v) is 4.86. The third-order valence-electron chi connectivity index (χ3n) is 4.12. The van der Waals surface area contributed by atoms with Crippen molar-refractivity contribution in [3.63, 3.8) is 0 Å². The lowest BCUT2D eigenvalue weighted by Crippen LogP contribution is -2.49. The molecule has 2 N–H and O–H groups in total. The maximum Gasteiger partial charge on any atom is 0.342 e. The van der Waals surface area contributed by atoms with E-state index >= 15 is 0 Å². The number of ether oxygens (including phenoxy) is 1. The molecule has 8 nitrogen and oxygen atoms in total. The van der Waals surface area contributed by atoms with Gasteiger partial charge in [0.1, 0.15) is 5.56 Å². The van der Waals surface area contributed by atoms with E-state index in [1.807, 2.05) is 0 Å². The molecule has 0 saturated carbocycles. The summed E-state index contributed by atoms with van der Waals surface area (Å²) in [4.78, 5) is 12.1. The highest BCUT2D eigenvalue weighted by Crippen LogP contribution is 2.33. The van der Waals surface area contributed by atoms with Crippen molar-refractivity contribution in [3.8, 4) is 0 Å². The topological polar surface area (TPSA) is 104 Å². The molecule has 1 unspecified atom stereocenters. The smallest absolute Gasteiger partial charge is 0.342 e. The molecular formula is C16H19ClN4O4S. The van der Waals surface area contributed by atoms with Gasteiger partial charge in [-0.05, 0) is 18.6 Å². The third kappa shape index (κ3) is 3.48. The summed E-state index contributed by atoms with van der Waals surface area (Å²) >= 11 is 6.28. The summed E-state index contributed by atoms with van der Waals surface area (Å²) in [5.41, 5.74) is 0.588. The van der Waals surface area contributed by atoms with Crippen LogP contribution in [0.25, 0.3) is 0 Å². The lowest BCUT2D eigenvalue weighted by atomic mass is 10.1. The molecule has 1 saturated heterocycles. The van der Waals surface area contributed by atoms with Crippen molar-refractivity contribution in [2.24, 2.45) is 0 Å². The van der Waals surface area contributed by atoms with Crippen LogP contribution < -0.4 is 5.32 Å². The molecule has 2 aromatic rings. The van der Waals surface area contributed by atoms with Gasteiger partial charge >= 0.3 is 5.97 Å². The van der Waals surface area contributed by atoms with Crippen LogP contribution in [0.15, 0.2) is 35.5 Å². The summed E-state index contributed by atoms with van der Waals surface area (Å²) in [6.45, 7) is 2.92.